The smallest absolute Gasteiger partial charge is 0.0994 e. The first-order chi connectivity index (χ1) is 8.22. The van der Waals surface area contributed by atoms with E-state index in [0.717, 1.165) is 36.1 Å². The van der Waals surface area contributed by atoms with Crippen molar-refractivity contribution in [2.75, 3.05) is 12.4 Å². The molecule has 90 valence electrons. The van der Waals surface area contributed by atoms with Crippen LogP contribution in [0.3, 0.4) is 0 Å². The molecule has 0 heterocycles. The van der Waals surface area contributed by atoms with Crippen LogP contribution in [0.4, 0.5) is 5.69 Å². The van der Waals surface area contributed by atoms with Gasteiger partial charge in [0.1, 0.15) is 0 Å². The van der Waals surface area contributed by atoms with Crippen LogP contribution in [0.2, 0.25) is 0 Å². The molecule has 1 N–H and O–H groups in total. The Morgan fingerprint density at radius 2 is 2.24 bits per heavy atom. The molecule has 17 heavy (non-hydrogen) atoms. The van der Waals surface area contributed by atoms with E-state index in [0.29, 0.717) is 12.1 Å². The highest BCUT2D eigenvalue weighted by Gasteiger charge is 2.24. The summed E-state index contributed by atoms with van der Waals surface area (Å²) in [5.41, 5.74) is 2.87. The molecule has 1 aliphatic rings. The standard InChI is InChI=1S/C14H18N2O/c1-10-7-12(4-3-11(10)9-15)16-13-5-6-14(8-13)17-2/h3-4,7,13-14,16H,5-6,8H2,1-2H3. The van der Waals surface area contributed by atoms with Gasteiger partial charge in [-0.15, -0.1) is 0 Å². The Balaban J connectivity index is 2.00. The van der Waals surface area contributed by atoms with E-state index in [9.17, 15) is 0 Å². The van der Waals surface area contributed by atoms with Gasteiger partial charge in [0.05, 0.1) is 17.7 Å². The SMILES string of the molecule is COC1CCC(Nc2ccc(C#N)c(C)c2)C1. The van der Waals surface area contributed by atoms with Crippen molar-refractivity contribution in [2.45, 2.75) is 38.3 Å². The topological polar surface area (TPSA) is 45.0 Å². The second kappa shape index (κ2) is 5.20. The maximum atomic E-state index is 8.87. The Labute approximate surface area is 102 Å². The van der Waals surface area contributed by atoms with Crippen molar-refractivity contribution >= 4 is 5.69 Å². The van der Waals surface area contributed by atoms with Gasteiger partial charge in [0.25, 0.3) is 0 Å². The number of hydrogen-bond donors (Lipinski definition) is 1. The van der Waals surface area contributed by atoms with Crippen LogP contribution in [0, 0.1) is 18.3 Å². The normalized spacial score (nSPS) is 23.4. The highest BCUT2D eigenvalue weighted by molar-refractivity contribution is 5.52. The molecule has 0 saturated heterocycles. The van der Waals surface area contributed by atoms with E-state index < -0.39 is 0 Å². The fourth-order valence-electron chi connectivity index (χ4n) is 2.40. The third-order valence-corrected chi connectivity index (χ3v) is 3.44. The van der Waals surface area contributed by atoms with Crippen molar-refractivity contribution in [3.63, 3.8) is 0 Å². The number of nitrogens with zero attached hydrogens (tertiary/aromatic N) is 1. The van der Waals surface area contributed by atoms with E-state index in [1.807, 2.05) is 25.1 Å². The number of hydrogen-bond acceptors (Lipinski definition) is 3. The van der Waals surface area contributed by atoms with Crippen molar-refractivity contribution in [3.05, 3.63) is 29.3 Å². The summed E-state index contributed by atoms with van der Waals surface area (Å²) in [6.45, 7) is 1.97. The van der Waals surface area contributed by atoms with Crippen LogP contribution in [-0.2, 0) is 4.74 Å². The summed E-state index contributed by atoms with van der Waals surface area (Å²) >= 11 is 0. The minimum Gasteiger partial charge on any atom is -0.382 e. The molecule has 1 aliphatic carbocycles. The number of nitrogens with one attached hydrogen (secondary N) is 1. The molecule has 1 fully saturated rings. The van der Waals surface area contributed by atoms with Crippen molar-refractivity contribution < 1.29 is 4.74 Å². The van der Waals surface area contributed by atoms with E-state index in [1.54, 1.807) is 7.11 Å². The van der Waals surface area contributed by atoms with Crippen molar-refractivity contribution in [1.29, 1.82) is 5.26 Å². The second-order valence-corrected chi connectivity index (χ2v) is 4.65. The Bertz CT molecular complexity index is 436. The number of methoxy groups -OCH3 is 1. The van der Waals surface area contributed by atoms with Gasteiger partial charge in [-0.2, -0.15) is 5.26 Å². The molecule has 0 aromatic heterocycles. The number of aryl methyl sites for hydroxylation is 1. The molecule has 0 bridgehead atoms. The predicted octanol–water partition coefficient (Wildman–Crippen LogP) is 2.85. The molecule has 2 unspecified atom stereocenters. The molecular formula is C14H18N2O. The molecule has 1 aromatic rings. The molecule has 2 rings (SSSR count). The first-order valence-corrected chi connectivity index (χ1v) is 6.03. The van der Waals surface area contributed by atoms with E-state index in [2.05, 4.69) is 11.4 Å². The van der Waals surface area contributed by atoms with Gasteiger partial charge in [-0.3, -0.25) is 0 Å². The average Bonchev–Trinajstić information content (AvgIpc) is 2.77. The highest BCUT2D eigenvalue weighted by Crippen LogP contribution is 2.25. The van der Waals surface area contributed by atoms with Gasteiger partial charge in [-0.05, 0) is 49.9 Å². The molecule has 0 radical (unpaired) electrons. The summed E-state index contributed by atoms with van der Waals surface area (Å²) in [7, 11) is 1.78. The zero-order valence-corrected chi connectivity index (χ0v) is 10.4. The van der Waals surface area contributed by atoms with Gasteiger partial charge in [0.15, 0.2) is 0 Å². The highest BCUT2D eigenvalue weighted by atomic mass is 16.5. The quantitative estimate of drug-likeness (QED) is 0.868. The lowest BCUT2D eigenvalue weighted by Gasteiger charge is -2.15. The van der Waals surface area contributed by atoms with Gasteiger partial charge in [-0.1, -0.05) is 0 Å². The summed E-state index contributed by atoms with van der Waals surface area (Å²) < 4.78 is 5.36. The van der Waals surface area contributed by atoms with Crippen LogP contribution in [0.25, 0.3) is 0 Å². The third kappa shape index (κ3) is 2.78. The number of anilines is 1. The first kappa shape index (κ1) is 11.9. The Morgan fingerprint density at radius 3 is 2.82 bits per heavy atom. The molecular weight excluding hydrogens is 212 g/mol. The zero-order chi connectivity index (χ0) is 12.3. The molecule has 0 spiro atoms. The first-order valence-electron chi connectivity index (χ1n) is 6.03. The van der Waals surface area contributed by atoms with Crippen LogP contribution >= 0.6 is 0 Å². The molecule has 0 amide bonds. The number of rotatable bonds is 3. The van der Waals surface area contributed by atoms with Crippen molar-refractivity contribution in [2.24, 2.45) is 0 Å². The lowest BCUT2D eigenvalue weighted by molar-refractivity contribution is 0.108. The fourth-order valence-corrected chi connectivity index (χ4v) is 2.40. The molecule has 3 heteroatoms. The second-order valence-electron chi connectivity index (χ2n) is 4.65. The van der Waals surface area contributed by atoms with Gasteiger partial charge in [0.2, 0.25) is 0 Å². The predicted molar refractivity (Wildman–Crippen MR) is 68.0 cm³/mol. The minimum absolute atomic E-state index is 0.395. The average molecular weight is 230 g/mol. The zero-order valence-electron chi connectivity index (χ0n) is 10.4. The monoisotopic (exact) mass is 230 g/mol. The molecule has 0 aliphatic heterocycles. The Hall–Kier alpha value is -1.53. The molecule has 2 atom stereocenters. The van der Waals surface area contributed by atoms with Crippen LogP contribution in [-0.4, -0.2) is 19.3 Å². The van der Waals surface area contributed by atoms with Crippen LogP contribution in [0.5, 0.6) is 0 Å². The maximum Gasteiger partial charge on any atom is 0.0994 e. The van der Waals surface area contributed by atoms with Crippen molar-refractivity contribution in [1.82, 2.24) is 0 Å². The Morgan fingerprint density at radius 1 is 1.41 bits per heavy atom. The van der Waals surface area contributed by atoms with Gasteiger partial charge >= 0.3 is 0 Å². The number of ether oxygens (including phenoxy) is 1. The van der Waals surface area contributed by atoms with Gasteiger partial charge in [-0.25, -0.2) is 0 Å². The van der Waals surface area contributed by atoms with Crippen LogP contribution in [0.1, 0.15) is 30.4 Å². The maximum absolute atomic E-state index is 8.87. The van der Waals surface area contributed by atoms with Gasteiger partial charge in [0, 0.05) is 18.8 Å². The van der Waals surface area contributed by atoms with E-state index in [-0.39, 0.29) is 0 Å². The van der Waals surface area contributed by atoms with Crippen LogP contribution < -0.4 is 5.32 Å². The summed E-state index contributed by atoms with van der Waals surface area (Å²) in [5, 5.41) is 12.4. The van der Waals surface area contributed by atoms with Crippen molar-refractivity contribution in [3.8, 4) is 6.07 Å². The summed E-state index contributed by atoms with van der Waals surface area (Å²) in [4.78, 5) is 0. The molecule has 1 saturated carbocycles. The molecule has 3 nitrogen and oxygen atoms in total. The Kier molecular flexibility index (Phi) is 3.65. The lowest BCUT2D eigenvalue weighted by atomic mass is 10.1. The summed E-state index contributed by atoms with van der Waals surface area (Å²) in [6, 6.07) is 8.57. The van der Waals surface area contributed by atoms with Gasteiger partial charge < -0.3 is 10.1 Å². The summed E-state index contributed by atoms with van der Waals surface area (Å²) in [5.74, 6) is 0. The van der Waals surface area contributed by atoms with E-state index in [1.165, 1.54) is 0 Å². The third-order valence-electron chi connectivity index (χ3n) is 3.44. The fraction of sp³-hybridized carbons (Fsp3) is 0.500. The largest absolute Gasteiger partial charge is 0.382 e. The summed E-state index contributed by atoms with van der Waals surface area (Å²) in [6.07, 6.45) is 3.74. The molecule has 1 aromatic carbocycles. The number of benzene rings is 1. The number of nitriles is 1. The van der Waals surface area contributed by atoms with E-state index >= 15 is 0 Å². The minimum atomic E-state index is 0.395. The lowest BCUT2D eigenvalue weighted by Crippen LogP contribution is -2.17. The van der Waals surface area contributed by atoms with Crippen LogP contribution in [0.15, 0.2) is 18.2 Å². The van der Waals surface area contributed by atoms with E-state index in [4.69, 9.17) is 10.00 Å².